The highest BCUT2D eigenvalue weighted by Crippen LogP contribution is 2.07. The van der Waals surface area contributed by atoms with Gasteiger partial charge in [0.05, 0.1) is 12.7 Å². The van der Waals surface area contributed by atoms with E-state index in [9.17, 15) is 0 Å². The lowest BCUT2D eigenvalue weighted by molar-refractivity contribution is -0.133. The number of hydrogen-bond acceptors (Lipinski definition) is 6. The summed E-state index contributed by atoms with van der Waals surface area (Å²) in [6.45, 7) is 2.27. The summed E-state index contributed by atoms with van der Waals surface area (Å²) in [6.07, 6.45) is -8.19. The Morgan fingerprint density at radius 2 is 1.31 bits per heavy atom. The second-order valence-electron chi connectivity index (χ2n) is 2.79. The molecule has 0 aliphatic heterocycles. The molecule has 13 heavy (non-hydrogen) atoms. The Balaban J connectivity index is 4.15. The molecule has 0 amide bonds. The Labute approximate surface area is 75.7 Å². The van der Waals surface area contributed by atoms with E-state index in [1.54, 1.807) is 0 Å². The fourth-order valence-electron chi connectivity index (χ4n) is 0.765. The van der Waals surface area contributed by atoms with Crippen molar-refractivity contribution in [1.29, 1.82) is 0 Å². The topological polar surface area (TPSA) is 121 Å². The largest absolute Gasteiger partial charge is 0.394 e. The van der Waals surface area contributed by atoms with Crippen LogP contribution in [0.5, 0.6) is 0 Å². The van der Waals surface area contributed by atoms with Gasteiger partial charge in [-0.15, -0.1) is 0 Å². The zero-order valence-electron chi connectivity index (χ0n) is 6.98. The van der Waals surface area contributed by atoms with E-state index < -0.39 is 37.1 Å². The molecule has 0 saturated carbocycles. The molecule has 0 aliphatic rings. The molecule has 0 aromatic carbocycles. The van der Waals surface area contributed by atoms with E-state index in [-0.39, 0.29) is 0 Å². The summed E-state index contributed by atoms with van der Waals surface area (Å²) in [5, 5.41) is 53.1. The van der Waals surface area contributed by atoms with E-state index in [1.165, 1.54) is 0 Å². The molecule has 0 bridgehead atoms. The molecule has 0 fully saturated rings. The van der Waals surface area contributed by atoms with E-state index in [4.69, 9.17) is 30.6 Å². The molecular weight excluding hydrogens is 180 g/mol. The summed E-state index contributed by atoms with van der Waals surface area (Å²) < 4.78 is 0. The van der Waals surface area contributed by atoms with Crippen molar-refractivity contribution < 1.29 is 30.6 Å². The average molecular weight is 195 g/mol. The van der Waals surface area contributed by atoms with Gasteiger partial charge in [-0.25, -0.2) is 0 Å². The van der Waals surface area contributed by atoms with Crippen LogP contribution in [0.25, 0.3) is 0 Å². The van der Waals surface area contributed by atoms with Crippen molar-refractivity contribution in [2.24, 2.45) is 0 Å². The highest BCUT2D eigenvalue weighted by atomic mass is 16.4. The molecule has 0 heterocycles. The quantitative estimate of drug-likeness (QED) is 0.272. The molecule has 0 spiro atoms. The predicted molar refractivity (Wildman–Crippen MR) is 42.5 cm³/mol. The zero-order chi connectivity index (χ0) is 10.6. The number of aliphatic hydroxyl groups is 6. The molecule has 0 saturated heterocycles. The third-order valence-corrected chi connectivity index (χ3v) is 1.68. The van der Waals surface area contributed by atoms with Crippen LogP contribution < -0.4 is 0 Å². The Morgan fingerprint density at radius 1 is 0.846 bits per heavy atom. The third-order valence-electron chi connectivity index (χ3n) is 1.68. The Morgan fingerprint density at radius 3 is 1.62 bits per heavy atom. The van der Waals surface area contributed by atoms with Crippen LogP contribution in [-0.2, 0) is 0 Å². The minimum atomic E-state index is -1.75. The molecule has 6 heteroatoms. The van der Waals surface area contributed by atoms with Crippen LogP contribution in [0, 0.1) is 6.92 Å². The smallest absolute Gasteiger partial charge is 0.111 e. The maximum atomic E-state index is 9.09. The van der Waals surface area contributed by atoms with Crippen LogP contribution in [0.3, 0.4) is 0 Å². The first-order chi connectivity index (χ1) is 5.91. The molecule has 0 aliphatic carbocycles. The van der Waals surface area contributed by atoms with E-state index in [1.807, 2.05) is 0 Å². The molecule has 6 N–H and O–H groups in total. The summed E-state index contributed by atoms with van der Waals surface area (Å²) in [5.74, 6) is 0. The Hall–Kier alpha value is -0.240. The second kappa shape index (κ2) is 5.48. The van der Waals surface area contributed by atoms with Crippen molar-refractivity contribution in [2.45, 2.75) is 30.5 Å². The zero-order valence-corrected chi connectivity index (χ0v) is 6.98. The van der Waals surface area contributed by atoms with Gasteiger partial charge in [0, 0.05) is 0 Å². The molecular formula is C7H15O6. The Kier molecular flexibility index (Phi) is 5.38. The van der Waals surface area contributed by atoms with Crippen molar-refractivity contribution in [3.63, 3.8) is 0 Å². The normalized spacial score (nSPS) is 23.3. The highest BCUT2D eigenvalue weighted by molar-refractivity contribution is 4.85. The molecule has 6 nitrogen and oxygen atoms in total. The lowest BCUT2D eigenvalue weighted by Crippen LogP contribution is -2.49. The van der Waals surface area contributed by atoms with Gasteiger partial charge in [0.25, 0.3) is 0 Å². The highest BCUT2D eigenvalue weighted by Gasteiger charge is 2.32. The van der Waals surface area contributed by atoms with Crippen molar-refractivity contribution in [2.75, 3.05) is 6.61 Å². The maximum Gasteiger partial charge on any atom is 0.111 e. The molecule has 0 aromatic rings. The first-order valence-corrected chi connectivity index (χ1v) is 3.76. The first-order valence-electron chi connectivity index (χ1n) is 3.76. The second-order valence-corrected chi connectivity index (χ2v) is 2.79. The van der Waals surface area contributed by atoms with Gasteiger partial charge in [0.2, 0.25) is 0 Å². The number of rotatable bonds is 5. The van der Waals surface area contributed by atoms with Crippen molar-refractivity contribution >= 4 is 0 Å². The summed E-state index contributed by atoms with van der Waals surface area (Å²) in [6, 6.07) is 0. The van der Waals surface area contributed by atoms with Crippen LogP contribution in [0.2, 0.25) is 0 Å². The maximum absolute atomic E-state index is 9.09. The Bertz CT molecular complexity index is 139. The van der Waals surface area contributed by atoms with Gasteiger partial charge in [0.1, 0.15) is 24.4 Å². The van der Waals surface area contributed by atoms with Gasteiger partial charge in [-0.05, 0) is 6.92 Å². The van der Waals surface area contributed by atoms with Gasteiger partial charge < -0.3 is 30.6 Å². The molecule has 5 atom stereocenters. The average Bonchev–Trinajstić information content (AvgIpc) is 2.12. The number of hydrogen-bond donors (Lipinski definition) is 6. The van der Waals surface area contributed by atoms with E-state index in [0.717, 1.165) is 0 Å². The van der Waals surface area contributed by atoms with Crippen LogP contribution in [0.1, 0.15) is 0 Å². The predicted octanol–water partition coefficient (Wildman–Crippen LogP) is -3.38. The van der Waals surface area contributed by atoms with E-state index in [0.29, 0.717) is 0 Å². The van der Waals surface area contributed by atoms with Crippen LogP contribution in [0.15, 0.2) is 0 Å². The minimum Gasteiger partial charge on any atom is -0.394 e. The molecule has 1 radical (unpaired) electrons. The van der Waals surface area contributed by atoms with E-state index >= 15 is 0 Å². The number of aliphatic hydroxyl groups excluding tert-OH is 6. The summed E-state index contributed by atoms with van der Waals surface area (Å²) in [4.78, 5) is 0. The molecule has 5 unspecified atom stereocenters. The van der Waals surface area contributed by atoms with E-state index in [2.05, 4.69) is 6.92 Å². The lowest BCUT2D eigenvalue weighted by Gasteiger charge is -2.26. The third kappa shape index (κ3) is 3.55. The minimum absolute atomic E-state index is 0.752. The van der Waals surface area contributed by atoms with Gasteiger partial charge in [0.15, 0.2) is 0 Å². The standard InChI is InChI=1S/C7H15O6/c1-3(9)5(11)7(13)6(12)4(10)2-8/h3-13H,1-2H2. The summed E-state index contributed by atoms with van der Waals surface area (Å²) in [7, 11) is 0. The summed E-state index contributed by atoms with van der Waals surface area (Å²) in [5.41, 5.74) is 0. The molecule has 0 aromatic heterocycles. The molecule has 0 rings (SSSR count). The SMILES string of the molecule is [CH2]C(O)C(O)C(O)C(O)C(O)CO. The van der Waals surface area contributed by atoms with Crippen LogP contribution in [0.4, 0.5) is 0 Å². The molecule has 79 valence electrons. The van der Waals surface area contributed by atoms with Gasteiger partial charge >= 0.3 is 0 Å². The van der Waals surface area contributed by atoms with Crippen molar-refractivity contribution in [3.8, 4) is 0 Å². The lowest BCUT2D eigenvalue weighted by atomic mass is 10.0. The monoisotopic (exact) mass is 195 g/mol. The van der Waals surface area contributed by atoms with Gasteiger partial charge in [-0.2, -0.15) is 0 Å². The fourth-order valence-corrected chi connectivity index (χ4v) is 0.765. The van der Waals surface area contributed by atoms with Gasteiger partial charge in [-0.1, -0.05) is 0 Å². The fraction of sp³-hybridized carbons (Fsp3) is 0.857. The van der Waals surface area contributed by atoms with Crippen molar-refractivity contribution in [3.05, 3.63) is 6.92 Å². The van der Waals surface area contributed by atoms with Crippen molar-refractivity contribution in [1.82, 2.24) is 0 Å². The van der Waals surface area contributed by atoms with Crippen LogP contribution >= 0.6 is 0 Å². The van der Waals surface area contributed by atoms with Gasteiger partial charge in [-0.3, -0.25) is 0 Å². The first kappa shape index (κ1) is 12.8. The summed E-state index contributed by atoms with van der Waals surface area (Å²) >= 11 is 0. The van der Waals surface area contributed by atoms with Crippen LogP contribution in [-0.4, -0.2) is 67.8 Å².